The van der Waals surface area contributed by atoms with Gasteiger partial charge in [-0.3, -0.25) is 9.59 Å². The SMILES string of the molecule is O=C(O)Cc1ccc2c(c1)SCc1sccc1C2=O. The molecule has 0 bridgehead atoms. The van der Waals surface area contributed by atoms with E-state index in [9.17, 15) is 9.59 Å². The summed E-state index contributed by atoms with van der Waals surface area (Å²) >= 11 is 3.19. The molecule has 0 radical (unpaired) electrons. The van der Waals surface area contributed by atoms with Crippen molar-refractivity contribution < 1.29 is 14.7 Å². The molecule has 0 amide bonds. The van der Waals surface area contributed by atoms with Crippen LogP contribution in [0.1, 0.15) is 26.4 Å². The van der Waals surface area contributed by atoms with Gasteiger partial charge in [0.05, 0.1) is 6.42 Å². The van der Waals surface area contributed by atoms with Gasteiger partial charge in [0.1, 0.15) is 0 Å². The lowest BCUT2D eigenvalue weighted by Crippen LogP contribution is -2.04. The number of carbonyl (C=O) groups is 2. The highest BCUT2D eigenvalue weighted by Gasteiger charge is 2.22. The zero-order valence-electron chi connectivity index (χ0n) is 9.88. The van der Waals surface area contributed by atoms with Gasteiger partial charge in [0.15, 0.2) is 5.78 Å². The summed E-state index contributed by atoms with van der Waals surface area (Å²) in [5, 5.41) is 10.8. The maximum absolute atomic E-state index is 12.4. The molecule has 1 aliphatic heterocycles. The van der Waals surface area contributed by atoms with Gasteiger partial charge in [-0.2, -0.15) is 0 Å². The van der Waals surface area contributed by atoms with Crippen LogP contribution in [-0.2, 0) is 17.0 Å². The first kappa shape index (κ1) is 12.4. The molecular weight excluding hydrogens is 280 g/mol. The number of fused-ring (bicyclic) bond motifs is 2. The van der Waals surface area contributed by atoms with Gasteiger partial charge in [-0.1, -0.05) is 6.07 Å². The molecule has 0 fully saturated rings. The van der Waals surface area contributed by atoms with E-state index in [0.29, 0.717) is 5.56 Å². The zero-order valence-corrected chi connectivity index (χ0v) is 11.5. The minimum absolute atomic E-state index is 0.0101. The van der Waals surface area contributed by atoms with E-state index in [1.165, 1.54) is 0 Å². The van der Waals surface area contributed by atoms with Crippen LogP contribution in [0.5, 0.6) is 0 Å². The van der Waals surface area contributed by atoms with Crippen molar-refractivity contribution in [2.75, 3.05) is 0 Å². The Balaban J connectivity index is 2.03. The molecule has 19 heavy (non-hydrogen) atoms. The van der Waals surface area contributed by atoms with Crippen LogP contribution in [0.4, 0.5) is 0 Å². The Labute approximate surface area is 118 Å². The fraction of sp³-hybridized carbons (Fsp3) is 0.143. The largest absolute Gasteiger partial charge is 0.481 e. The summed E-state index contributed by atoms with van der Waals surface area (Å²) in [6.45, 7) is 0. The number of ketones is 1. The number of carboxylic acid groups (broad SMARTS) is 1. The Morgan fingerprint density at radius 3 is 2.89 bits per heavy atom. The number of rotatable bonds is 2. The van der Waals surface area contributed by atoms with Crippen molar-refractivity contribution in [2.24, 2.45) is 0 Å². The van der Waals surface area contributed by atoms with Gasteiger partial charge in [-0.15, -0.1) is 23.1 Å². The molecule has 2 aromatic rings. The number of hydrogen-bond acceptors (Lipinski definition) is 4. The number of hydrogen-bond donors (Lipinski definition) is 1. The Kier molecular flexibility index (Phi) is 3.16. The lowest BCUT2D eigenvalue weighted by molar-refractivity contribution is -0.136. The first-order valence-electron chi connectivity index (χ1n) is 5.74. The third-order valence-electron chi connectivity index (χ3n) is 2.99. The van der Waals surface area contributed by atoms with E-state index in [-0.39, 0.29) is 12.2 Å². The average Bonchev–Trinajstić information content (AvgIpc) is 2.79. The molecule has 0 atom stereocenters. The Morgan fingerprint density at radius 2 is 2.11 bits per heavy atom. The normalized spacial score (nSPS) is 13.6. The van der Waals surface area contributed by atoms with Crippen LogP contribution in [0.15, 0.2) is 34.5 Å². The number of thiophene rings is 1. The molecule has 1 aliphatic rings. The van der Waals surface area contributed by atoms with Gasteiger partial charge in [0.2, 0.25) is 0 Å². The van der Waals surface area contributed by atoms with E-state index in [2.05, 4.69) is 0 Å². The molecule has 1 aromatic carbocycles. The number of benzene rings is 1. The summed E-state index contributed by atoms with van der Waals surface area (Å²) in [6.07, 6.45) is -0.0101. The van der Waals surface area contributed by atoms with E-state index in [1.807, 2.05) is 17.5 Å². The van der Waals surface area contributed by atoms with Crippen LogP contribution in [0.25, 0.3) is 0 Å². The highest BCUT2D eigenvalue weighted by atomic mass is 32.2. The Bertz CT molecular complexity index is 673. The predicted octanol–water partition coefficient (Wildman–Crippen LogP) is 3.21. The van der Waals surface area contributed by atoms with Gasteiger partial charge in [-0.05, 0) is 29.1 Å². The quantitative estimate of drug-likeness (QED) is 0.922. The van der Waals surface area contributed by atoms with Gasteiger partial charge >= 0.3 is 5.97 Å². The third-order valence-corrected chi connectivity index (χ3v) is 5.18. The molecule has 2 heterocycles. The minimum Gasteiger partial charge on any atom is -0.481 e. The number of aliphatic carboxylic acids is 1. The van der Waals surface area contributed by atoms with Crippen molar-refractivity contribution in [2.45, 2.75) is 17.1 Å². The fourth-order valence-corrected chi connectivity index (χ4v) is 4.20. The van der Waals surface area contributed by atoms with Gasteiger partial charge in [-0.25, -0.2) is 0 Å². The molecule has 0 saturated heterocycles. The molecule has 0 aliphatic carbocycles. The summed E-state index contributed by atoms with van der Waals surface area (Å²) in [5.74, 6) is -0.0513. The van der Waals surface area contributed by atoms with Gasteiger partial charge in [0, 0.05) is 26.7 Å². The van der Waals surface area contributed by atoms with Crippen LogP contribution in [0, 0.1) is 0 Å². The molecule has 0 unspecified atom stereocenters. The van der Waals surface area contributed by atoms with E-state index < -0.39 is 5.97 Å². The van der Waals surface area contributed by atoms with Crippen LogP contribution < -0.4 is 0 Å². The lowest BCUT2D eigenvalue weighted by Gasteiger charge is -2.06. The topological polar surface area (TPSA) is 54.4 Å². The molecule has 1 aromatic heterocycles. The van der Waals surface area contributed by atoms with E-state index in [4.69, 9.17) is 5.11 Å². The van der Waals surface area contributed by atoms with Crippen molar-refractivity contribution in [1.82, 2.24) is 0 Å². The number of thioether (sulfide) groups is 1. The minimum atomic E-state index is -0.857. The summed E-state index contributed by atoms with van der Waals surface area (Å²) in [4.78, 5) is 25.1. The Hall–Kier alpha value is -1.59. The van der Waals surface area contributed by atoms with E-state index in [1.54, 1.807) is 35.2 Å². The summed E-state index contributed by atoms with van der Waals surface area (Å²) in [6, 6.07) is 7.16. The second kappa shape index (κ2) is 4.83. The molecule has 0 spiro atoms. The number of carboxylic acids is 1. The number of carbonyl (C=O) groups excluding carboxylic acids is 1. The van der Waals surface area contributed by atoms with Crippen LogP contribution in [0.3, 0.4) is 0 Å². The van der Waals surface area contributed by atoms with Gasteiger partial charge in [0.25, 0.3) is 0 Å². The molecular formula is C14H10O3S2. The van der Waals surface area contributed by atoms with Crippen LogP contribution in [0.2, 0.25) is 0 Å². The monoisotopic (exact) mass is 290 g/mol. The molecule has 3 rings (SSSR count). The molecule has 5 heteroatoms. The standard InChI is InChI=1S/C14H10O3S2/c15-13(16)6-8-1-2-9-11(5-8)19-7-12-10(14(9)17)3-4-18-12/h1-5H,6-7H2,(H,15,16). The molecule has 1 N–H and O–H groups in total. The van der Waals surface area contributed by atoms with Crippen LogP contribution >= 0.6 is 23.1 Å². The zero-order chi connectivity index (χ0) is 13.4. The van der Waals surface area contributed by atoms with Crippen molar-refractivity contribution in [3.05, 3.63) is 51.2 Å². The average molecular weight is 290 g/mol. The summed E-state index contributed by atoms with van der Waals surface area (Å²) in [5.41, 5.74) is 2.19. The second-order valence-corrected chi connectivity index (χ2v) is 6.29. The molecule has 96 valence electrons. The second-order valence-electron chi connectivity index (χ2n) is 4.28. The van der Waals surface area contributed by atoms with E-state index >= 15 is 0 Å². The first-order chi connectivity index (χ1) is 9.15. The Morgan fingerprint density at radius 1 is 1.26 bits per heavy atom. The predicted molar refractivity (Wildman–Crippen MR) is 75.1 cm³/mol. The molecule has 3 nitrogen and oxygen atoms in total. The molecule has 0 saturated carbocycles. The highest BCUT2D eigenvalue weighted by molar-refractivity contribution is 7.98. The van der Waals surface area contributed by atoms with Crippen molar-refractivity contribution in [3.63, 3.8) is 0 Å². The van der Waals surface area contributed by atoms with Gasteiger partial charge < -0.3 is 5.11 Å². The van der Waals surface area contributed by atoms with Crippen molar-refractivity contribution in [1.29, 1.82) is 0 Å². The smallest absolute Gasteiger partial charge is 0.307 e. The van der Waals surface area contributed by atoms with Crippen molar-refractivity contribution in [3.8, 4) is 0 Å². The highest BCUT2D eigenvalue weighted by Crippen LogP contribution is 2.36. The maximum atomic E-state index is 12.4. The maximum Gasteiger partial charge on any atom is 0.307 e. The third kappa shape index (κ3) is 2.31. The van der Waals surface area contributed by atoms with Crippen LogP contribution in [-0.4, -0.2) is 16.9 Å². The summed E-state index contributed by atoms with van der Waals surface area (Å²) < 4.78 is 0. The summed E-state index contributed by atoms with van der Waals surface area (Å²) in [7, 11) is 0. The van der Waals surface area contributed by atoms with Crippen molar-refractivity contribution >= 4 is 34.9 Å². The first-order valence-corrected chi connectivity index (χ1v) is 7.60. The van der Waals surface area contributed by atoms with E-state index in [0.717, 1.165) is 26.7 Å². The lowest BCUT2D eigenvalue weighted by atomic mass is 10.0. The fourth-order valence-electron chi connectivity index (χ4n) is 2.10.